The van der Waals surface area contributed by atoms with E-state index in [9.17, 15) is 9.59 Å². The molecule has 0 spiro atoms. The third-order valence-corrected chi connectivity index (χ3v) is 2.36. The van der Waals surface area contributed by atoms with E-state index < -0.39 is 12.0 Å². The fourth-order valence-corrected chi connectivity index (χ4v) is 1.49. The lowest BCUT2D eigenvalue weighted by atomic mass is 10.0. The third kappa shape index (κ3) is 3.97. The number of Topliss-reactive ketones (excluding diaryl/α,β-unsaturated/α-hetero) is 1. The first kappa shape index (κ1) is 13.3. The molecular formula is C12H15NO4. The van der Waals surface area contributed by atoms with Crippen LogP contribution in [0.2, 0.25) is 0 Å². The van der Waals surface area contributed by atoms with Crippen molar-refractivity contribution in [1.82, 2.24) is 5.32 Å². The Bertz CT molecular complexity index is 417. The predicted molar refractivity (Wildman–Crippen MR) is 61.8 cm³/mol. The van der Waals surface area contributed by atoms with Crippen molar-refractivity contribution < 1.29 is 19.8 Å². The Kier molecular flexibility index (Phi) is 4.81. The molecule has 0 aromatic heterocycles. The van der Waals surface area contributed by atoms with E-state index >= 15 is 0 Å². The Balaban J connectivity index is 2.83. The molecule has 92 valence electrons. The number of carbonyl (C=O) groups is 2. The molecule has 0 fully saturated rings. The molecule has 5 nitrogen and oxygen atoms in total. The number of carbonyl (C=O) groups excluding carboxylic acids is 1. The first-order valence-corrected chi connectivity index (χ1v) is 5.23. The van der Waals surface area contributed by atoms with Crippen LogP contribution in [0.3, 0.4) is 0 Å². The lowest BCUT2D eigenvalue weighted by Crippen LogP contribution is -2.34. The number of hydrogen-bond acceptors (Lipinski definition) is 4. The molecule has 0 aliphatic carbocycles. The van der Waals surface area contributed by atoms with Crippen LogP contribution in [0.4, 0.5) is 0 Å². The van der Waals surface area contributed by atoms with Crippen molar-refractivity contribution in [3.8, 4) is 0 Å². The number of aliphatic hydroxyl groups excluding tert-OH is 1. The Morgan fingerprint density at radius 2 is 2.12 bits per heavy atom. The number of aliphatic carboxylic acids is 1. The fraction of sp³-hybridized carbons (Fsp3) is 0.333. The molecule has 1 rings (SSSR count). The summed E-state index contributed by atoms with van der Waals surface area (Å²) in [5.41, 5.74) is 1.02. The van der Waals surface area contributed by atoms with E-state index in [-0.39, 0.29) is 18.9 Å². The van der Waals surface area contributed by atoms with Gasteiger partial charge in [-0.25, -0.2) is 0 Å². The van der Waals surface area contributed by atoms with E-state index in [0.29, 0.717) is 11.1 Å². The van der Waals surface area contributed by atoms with E-state index in [1.807, 2.05) is 0 Å². The first-order chi connectivity index (χ1) is 8.04. The molecule has 0 aliphatic rings. The second-order valence-electron chi connectivity index (χ2n) is 3.72. The number of benzene rings is 1. The van der Waals surface area contributed by atoms with Gasteiger partial charge in [-0.3, -0.25) is 14.9 Å². The minimum Gasteiger partial charge on any atom is -0.481 e. The van der Waals surface area contributed by atoms with Gasteiger partial charge in [0.2, 0.25) is 0 Å². The SMILES string of the molecule is CC(NCO)C(=O)c1cccc(CC(=O)O)c1. The summed E-state index contributed by atoms with van der Waals surface area (Å²) < 4.78 is 0. The molecule has 0 heterocycles. The van der Waals surface area contributed by atoms with Crippen molar-refractivity contribution in [3.05, 3.63) is 35.4 Å². The van der Waals surface area contributed by atoms with Crippen LogP contribution in [0.5, 0.6) is 0 Å². The maximum Gasteiger partial charge on any atom is 0.307 e. The number of hydrogen-bond donors (Lipinski definition) is 3. The van der Waals surface area contributed by atoms with Crippen molar-refractivity contribution in [2.75, 3.05) is 6.73 Å². The van der Waals surface area contributed by atoms with Crippen molar-refractivity contribution in [1.29, 1.82) is 0 Å². The first-order valence-electron chi connectivity index (χ1n) is 5.23. The molecule has 0 amide bonds. The average Bonchev–Trinajstić information content (AvgIpc) is 2.28. The quantitative estimate of drug-likeness (QED) is 0.493. The van der Waals surface area contributed by atoms with Gasteiger partial charge < -0.3 is 10.2 Å². The highest BCUT2D eigenvalue weighted by atomic mass is 16.4. The van der Waals surface area contributed by atoms with Gasteiger partial charge in [-0.15, -0.1) is 0 Å². The molecule has 0 radical (unpaired) electrons. The zero-order valence-corrected chi connectivity index (χ0v) is 9.51. The van der Waals surface area contributed by atoms with Gasteiger partial charge in [0.1, 0.15) is 0 Å². The van der Waals surface area contributed by atoms with Crippen LogP contribution in [0.15, 0.2) is 24.3 Å². The van der Waals surface area contributed by atoms with E-state index in [4.69, 9.17) is 10.2 Å². The van der Waals surface area contributed by atoms with Crippen LogP contribution in [0.25, 0.3) is 0 Å². The maximum absolute atomic E-state index is 11.9. The molecule has 1 unspecified atom stereocenters. The maximum atomic E-state index is 11.9. The molecule has 0 saturated carbocycles. The highest BCUT2D eigenvalue weighted by Gasteiger charge is 2.14. The van der Waals surface area contributed by atoms with Crippen LogP contribution in [-0.2, 0) is 11.2 Å². The van der Waals surface area contributed by atoms with Crippen LogP contribution >= 0.6 is 0 Å². The van der Waals surface area contributed by atoms with Gasteiger partial charge in [-0.1, -0.05) is 18.2 Å². The molecule has 1 atom stereocenters. The third-order valence-electron chi connectivity index (χ3n) is 2.36. The van der Waals surface area contributed by atoms with E-state index in [1.165, 1.54) is 0 Å². The predicted octanol–water partition coefficient (Wildman–Crippen LogP) is 0.424. The van der Waals surface area contributed by atoms with Gasteiger partial charge in [-0.2, -0.15) is 0 Å². The highest BCUT2D eigenvalue weighted by Crippen LogP contribution is 2.09. The zero-order valence-electron chi connectivity index (χ0n) is 9.51. The molecule has 3 N–H and O–H groups in total. The molecule has 1 aromatic rings. The molecule has 1 aromatic carbocycles. The summed E-state index contributed by atoms with van der Waals surface area (Å²) >= 11 is 0. The molecule has 0 bridgehead atoms. The van der Waals surface area contributed by atoms with E-state index in [0.717, 1.165) is 0 Å². The Hall–Kier alpha value is -1.72. The number of rotatable bonds is 6. The second kappa shape index (κ2) is 6.12. The number of carboxylic acid groups (broad SMARTS) is 1. The van der Waals surface area contributed by atoms with Gasteiger partial charge in [0, 0.05) is 5.56 Å². The normalized spacial score (nSPS) is 12.1. The summed E-state index contributed by atoms with van der Waals surface area (Å²) in [7, 11) is 0. The Morgan fingerprint density at radius 3 is 2.71 bits per heavy atom. The van der Waals surface area contributed by atoms with Crippen molar-refractivity contribution in [2.24, 2.45) is 0 Å². The Morgan fingerprint density at radius 1 is 1.41 bits per heavy atom. The molecule has 17 heavy (non-hydrogen) atoms. The minimum absolute atomic E-state index is 0.108. The lowest BCUT2D eigenvalue weighted by molar-refractivity contribution is -0.136. The summed E-state index contributed by atoms with van der Waals surface area (Å²) in [6, 6.07) is 6.00. The second-order valence-corrected chi connectivity index (χ2v) is 3.72. The average molecular weight is 237 g/mol. The summed E-state index contributed by atoms with van der Waals surface area (Å²) in [6.45, 7) is 1.37. The lowest BCUT2D eigenvalue weighted by Gasteiger charge is -2.11. The van der Waals surface area contributed by atoms with E-state index in [2.05, 4.69) is 5.32 Å². The van der Waals surface area contributed by atoms with Crippen LogP contribution in [-0.4, -0.2) is 34.7 Å². The van der Waals surface area contributed by atoms with Gasteiger partial charge in [0.15, 0.2) is 5.78 Å². The van der Waals surface area contributed by atoms with Crippen molar-refractivity contribution >= 4 is 11.8 Å². The van der Waals surface area contributed by atoms with Crippen LogP contribution < -0.4 is 5.32 Å². The fourth-order valence-electron chi connectivity index (χ4n) is 1.49. The zero-order chi connectivity index (χ0) is 12.8. The monoisotopic (exact) mass is 237 g/mol. The van der Waals surface area contributed by atoms with Gasteiger partial charge in [-0.05, 0) is 18.6 Å². The topological polar surface area (TPSA) is 86.6 Å². The van der Waals surface area contributed by atoms with Gasteiger partial charge in [0.25, 0.3) is 0 Å². The Labute approximate surface area is 99.1 Å². The molecule has 0 aliphatic heterocycles. The number of carboxylic acids is 1. The van der Waals surface area contributed by atoms with Gasteiger partial charge >= 0.3 is 5.97 Å². The van der Waals surface area contributed by atoms with Crippen molar-refractivity contribution in [2.45, 2.75) is 19.4 Å². The summed E-state index contributed by atoms with van der Waals surface area (Å²) in [5, 5.41) is 19.9. The number of aliphatic hydroxyl groups is 1. The smallest absolute Gasteiger partial charge is 0.307 e. The summed E-state index contributed by atoms with van der Waals surface area (Å²) in [5.74, 6) is -1.11. The summed E-state index contributed by atoms with van der Waals surface area (Å²) in [4.78, 5) is 22.4. The number of nitrogens with one attached hydrogen (secondary N) is 1. The van der Waals surface area contributed by atoms with Crippen molar-refractivity contribution in [3.63, 3.8) is 0 Å². The minimum atomic E-state index is -0.934. The molecule has 5 heteroatoms. The van der Waals surface area contributed by atoms with Crippen LogP contribution in [0.1, 0.15) is 22.8 Å². The van der Waals surface area contributed by atoms with Crippen LogP contribution in [0, 0.1) is 0 Å². The summed E-state index contributed by atoms with van der Waals surface area (Å²) in [6.07, 6.45) is -0.108. The standard InChI is InChI=1S/C12H15NO4/c1-8(13-7-14)12(17)10-4-2-3-9(5-10)6-11(15)16/h2-5,8,13-14H,6-7H2,1H3,(H,15,16). The molecular weight excluding hydrogens is 222 g/mol. The molecule has 0 saturated heterocycles. The van der Waals surface area contributed by atoms with Gasteiger partial charge in [0.05, 0.1) is 19.2 Å². The largest absolute Gasteiger partial charge is 0.481 e. The number of ketones is 1. The van der Waals surface area contributed by atoms with E-state index in [1.54, 1.807) is 31.2 Å². The highest BCUT2D eigenvalue weighted by molar-refractivity contribution is 6.00.